The molecule has 0 N–H and O–H groups in total. The summed E-state index contributed by atoms with van der Waals surface area (Å²) >= 11 is 0. The topological polar surface area (TPSA) is 83.5 Å². The van der Waals surface area contributed by atoms with Crippen LogP contribution in [0.2, 0.25) is 0 Å². The summed E-state index contributed by atoms with van der Waals surface area (Å²) in [6, 6.07) is 6.17. The first kappa shape index (κ1) is 18.6. The van der Waals surface area contributed by atoms with Crippen molar-refractivity contribution in [3.05, 3.63) is 41.0 Å². The molecule has 1 amide bonds. The van der Waals surface area contributed by atoms with Crippen LogP contribution in [0.4, 0.5) is 0 Å². The number of Topliss-reactive ketones (excluding diaryl/α,β-unsaturated/α-hetero) is 1. The van der Waals surface area contributed by atoms with Gasteiger partial charge in [0.1, 0.15) is 0 Å². The minimum absolute atomic E-state index is 0.0598. The number of amides is 1. The van der Waals surface area contributed by atoms with Crippen molar-refractivity contribution in [1.29, 1.82) is 0 Å². The largest absolute Gasteiger partial charge is 0.493 e. The Morgan fingerprint density at radius 2 is 1.60 bits per heavy atom. The van der Waals surface area contributed by atoms with Crippen molar-refractivity contribution in [2.24, 2.45) is 0 Å². The number of nitrogens with zero attached hydrogens (tertiary/aromatic N) is 1. The van der Waals surface area contributed by atoms with E-state index < -0.39 is 12.1 Å². The van der Waals surface area contributed by atoms with Gasteiger partial charge in [-0.2, -0.15) is 0 Å². The molecule has 2 atom stereocenters. The summed E-state index contributed by atoms with van der Waals surface area (Å²) in [4.78, 5) is 27.7. The molecule has 8 heteroatoms. The van der Waals surface area contributed by atoms with E-state index in [4.69, 9.17) is 23.7 Å². The Kier molecular flexibility index (Phi) is 4.23. The molecule has 2 aromatic rings. The summed E-state index contributed by atoms with van der Waals surface area (Å²) in [5, 5.41) is 0. The van der Waals surface area contributed by atoms with Crippen molar-refractivity contribution in [2.45, 2.75) is 24.9 Å². The SMILES string of the molecule is COc1cc([C@@H]2c3cc4c(cc3C(=O)[C@H]3CCC(=O)N23)OCO4)cc(OC)c1OC. The molecular formula is C22H21NO7. The third-order valence-corrected chi connectivity index (χ3v) is 5.94. The third-order valence-electron chi connectivity index (χ3n) is 5.94. The second-order valence-electron chi connectivity index (χ2n) is 7.37. The fourth-order valence-electron chi connectivity index (χ4n) is 4.61. The minimum Gasteiger partial charge on any atom is -0.493 e. The van der Waals surface area contributed by atoms with E-state index in [2.05, 4.69) is 0 Å². The number of fused-ring (bicyclic) bond motifs is 3. The van der Waals surface area contributed by atoms with Gasteiger partial charge in [0, 0.05) is 12.0 Å². The predicted octanol–water partition coefficient (Wildman–Crippen LogP) is 2.72. The summed E-state index contributed by atoms with van der Waals surface area (Å²) in [7, 11) is 4.62. The molecule has 2 aromatic carbocycles. The van der Waals surface area contributed by atoms with Gasteiger partial charge in [-0.25, -0.2) is 0 Å². The third kappa shape index (κ3) is 2.52. The Morgan fingerprint density at radius 3 is 2.23 bits per heavy atom. The number of methoxy groups -OCH3 is 3. The molecule has 8 nitrogen and oxygen atoms in total. The first-order valence-electron chi connectivity index (χ1n) is 9.66. The van der Waals surface area contributed by atoms with E-state index in [1.54, 1.807) is 31.3 Å². The van der Waals surface area contributed by atoms with Gasteiger partial charge in [0.25, 0.3) is 0 Å². The van der Waals surface area contributed by atoms with Crippen molar-refractivity contribution in [1.82, 2.24) is 4.90 Å². The van der Waals surface area contributed by atoms with E-state index in [1.165, 1.54) is 7.11 Å². The Labute approximate surface area is 173 Å². The van der Waals surface area contributed by atoms with Crippen LogP contribution in [-0.4, -0.2) is 50.8 Å². The second-order valence-corrected chi connectivity index (χ2v) is 7.37. The highest BCUT2D eigenvalue weighted by Gasteiger charge is 2.48. The number of ketones is 1. The number of carbonyl (C=O) groups is 2. The van der Waals surface area contributed by atoms with Gasteiger partial charge >= 0.3 is 0 Å². The van der Waals surface area contributed by atoms with E-state index in [9.17, 15) is 9.59 Å². The molecule has 0 aromatic heterocycles. The molecule has 1 fully saturated rings. The van der Waals surface area contributed by atoms with E-state index >= 15 is 0 Å². The van der Waals surface area contributed by atoms with Crippen molar-refractivity contribution in [2.75, 3.05) is 28.1 Å². The smallest absolute Gasteiger partial charge is 0.231 e. The number of rotatable bonds is 4. The number of benzene rings is 2. The zero-order valence-corrected chi connectivity index (χ0v) is 16.9. The average molecular weight is 411 g/mol. The lowest BCUT2D eigenvalue weighted by Crippen LogP contribution is -2.46. The fraction of sp³-hybridized carbons (Fsp3) is 0.364. The van der Waals surface area contributed by atoms with Crippen LogP contribution in [0.25, 0.3) is 0 Å². The molecule has 0 aliphatic carbocycles. The maximum absolute atomic E-state index is 13.2. The van der Waals surface area contributed by atoms with Gasteiger partial charge in [-0.1, -0.05) is 0 Å². The Hall–Kier alpha value is -3.42. The van der Waals surface area contributed by atoms with Crippen LogP contribution in [0, 0.1) is 0 Å². The van der Waals surface area contributed by atoms with E-state index in [0.717, 1.165) is 5.56 Å². The lowest BCUT2D eigenvalue weighted by Gasteiger charge is -2.39. The molecule has 0 unspecified atom stereocenters. The van der Waals surface area contributed by atoms with Crippen molar-refractivity contribution in [3.8, 4) is 28.7 Å². The molecule has 3 heterocycles. The average Bonchev–Trinajstić information content (AvgIpc) is 3.38. The van der Waals surface area contributed by atoms with Gasteiger partial charge in [0.15, 0.2) is 28.8 Å². The van der Waals surface area contributed by atoms with Gasteiger partial charge in [-0.05, 0) is 41.8 Å². The number of ether oxygens (including phenoxy) is 5. The summed E-state index contributed by atoms with van der Waals surface area (Å²) in [6.07, 6.45) is 0.824. The summed E-state index contributed by atoms with van der Waals surface area (Å²) in [5.41, 5.74) is 2.01. The first-order valence-corrected chi connectivity index (χ1v) is 9.66. The highest BCUT2D eigenvalue weighted by Crippen LogP contribution is 2.49. The van der Waals surface area contributed by atoms with Gasteiger partial charge in [0.2, 0.25) is 18.4 Å². The summed E-state index contributed by atoms with van der Waals surface area (Å²) < 4.78 is 27.5. The van der Waals surface area contributed by atoms with Gasteiger partial charge in [-0.15, -0.1) is 0 Å². The Balaban J connectivity index is 1.75. The van der Waals surface area contributed by atoms with Crippen molar-refractivity contribution in [3.63, 3.8) is 0 Å². The Bertz CT molecular complexity index is 1040. The molecule has 0 spiro atoms. The molecule has 5 rings (SSSR count). The highest BCUT2D eigenvalue weighted by molar-refractivity contribution is 6.07. The van der Waals surface area contributed by atoms with Gasteiger partial charge in [0.05, 0.1) is 33.4 Å². The number of hydrogen-bond acceptors (Lipinski definition) is 7. The lowest BCUT2D eigenvalue weighted by atomic mass is 9.84. The first-order chi connectivity index (χ1) is 14.6. The van der Waals surface area contributed by atoms with Crippen LogP contribution in [0.1, 0.15) is 40.4 Å². The second kappa shape index (κ2) is 6.83. The van der Waals surface area contributed by atoms with Crippen LogP contribution in [0.15, 0.2) is 24.3 Å². The molecule has 156 valence electrons. The van der Waals surface area contributed by atoms with Crippen LogP contribution >= 0.6 is 0 Å². The van der Waals surface area contributed by atoms with Crippen molar-refractivity contribution >= 4 is 11.7 Å². The van der Waals surface area contributed by atoms with Crippen molar-refractivity contribution < 1.29 is 33.3 Å². The maximum Gasteiger partial charge on any atom is 0.231 e. The standard InChI is InChI=1S/C22H21NO7/c1-26-17-6-11(7-18(27-2)22(17)28-3)20-12-8-15-16(30-10-29-15)9-13(12)21(25)14-4-5-19(24)23(14)20/h6-9,14,20H,4-5,10H2,1-3H3/t14-,20-/m1/s1. The van der Waals surface area contributed by atoms with Crippen LogP contribution < -0.4 is 23.7 Å². The quantitative estimate of drug-likeness (QED) is 0.765. The molecule has 30 heavy (non-hydrogen) atoms. The van der Waals surface area contributed by atoms with Gasteiger partial charge in [-0.3, -0.25) is 9.59 Å². The van der Waals surface area contributed by atoms with E-state index in [0.29, 0.717) is 52.7 Å². The maximum atomic E-state index is 13.2. The highest BCUT2D eigenvalue weighted by atomic mass is 16.7. The molecule has 1 saturated heterocycles. The van der Waals surface area contributed by atoms with Crippen LogP contribution in [0.3, 0.4) is 0 Å². The lowest BCUT2D eigenvalue weighted by molar-refractivity contribution is -0.130. The Morgan fingerprint density at radius 1 is 0.933 bits per heavy atom. The zero-order chi connectivity index (χ0) is 21.0. The summed E-state index contributed by atoms with van der Waals surface area (Å²) in [5.74, 6) is 2.40. The number of carbonyl (C=O) groups excluding carboxylic acids is 2. The fourth-order valence-corrected chi connectivity index (χ4v) is 4.61. The molecule has 0 bridgehead atoms. The van der Waals surface area contributed by atoms with Gasteiger partial charge < -0.3 is 28.6 Å². The molecule has 3 aliphatic heterocycles. The monoisotopic (exact) mass is 411 g/mol. The van der Waals surface area contributed by atoms with E-state index in [-0.39, 0.29) is 18.5 Å². The zero-order valence-electron chi connectivity index (χ0n) is 16.9. The normalized spacial score (nSPS) is 21.4. The molecule has 3 aliphatic rings. The predicted molar refractivity (Wildman–Crippen MR) is 105 cm³/mol. The summed E-state index contributed by atoms with van der Waals surface area (Å²) in [6.45, 7) is 0.105. The number of hydrogen-bond donors (Lipinski definition) is 0. The minimum atomic E-state index is -0.505. The molecule has 0 radical (unpaired) electrons. The van der Waals surface area contributed by atoms with Crippen LogP contribution in [0.5, 0.6) is 28.7 Å². The molecule has 0 saturated carbocycles. The van der Waals surface area contributed by atoms with Crippen LogP contribution in [-0.2, 0) is 4.79 Å². The van der Waals surface area contributed by atoms with E-state index in [1.807, 2.05) is 12.1 Å². The molecular weight excluding hydrogens is 390 g/mol.